The van der Waals surface area contributed by atoms with Crippen molar-refractivity contribution >= 4 is 3.21 Å². The number of hydrogen-bond donors (Lipinski definition) is 0. The van der Waals surface area contributed by atoms with Gasteiger partial charge in [-0.1, -0.05) is 0 Å². The molecule has 1 fully saturated rings. The molecule has 0 aromatic heterocycles. The van der Waals surface area contributed by atoms with Crippen LogP contribution in [0.1, 0.15) is 34.0 Å². The van der Waals surface area contributed by atoms with Crippen LogP contribution in [0.15, 0.2) is 72.8 Å². The number of allylic oxidation sites excluding steroid dienone is 4. The van der Waals surface area contributed by atoms with Gasteiger partial charge in [-0.15, -0.1) is 0 Å². The summed E-state index contributed by atoms with van der Waals surface area (Å²) < 4.78 is 3.46. The zero-order chi connectivity index (χ0) is 15.2. The molecule has 0 unspecified atom stereocenters. The maximum atomic E-state index is 2.49. The molecule has 0 nitrogen and oxygen atoms in total. The van der Waals surface area contributed by atoms with E-state index in [-0.39, 0.29) is 0 Å². The predicted molar refractivity (Wildman–Crippen MR) is 94.6 cm³/mol. The van der Waals surface area contributed by atoms with Crippen LogP contribution in [0.3, 0.4) is 0 Å². The molecule has 0 radical (unpaired) electrons. The Morgan fingerprint density at radius 2 is 1.30 bits per heavy atom. The van der Waals surface area contributed by atoms with E-state index in [1.165, 1.54) is 30.4 Å². The van der Waals surface area contributed by atoms with E-state index >= 15 is 0 Å². The molecular formula is C22H20Zr. The second-order valence-electron chi connectivity index (χ2n) is 6.82. The fourth-order valence-corrected chi connectivity index (χ4v) is 14.3. The van der Waals surface area contributed by atoms with Crippen LogP contribution >= 0.6 is 0 Å². The van der Waals surface area contributed by atoms with Gasteiger partial charge in [0, 0.05) is 0 Å². The Balaban J connectivity index is 1.75. The Morgan fingerprint density at radius 3 is 1.83 bits per heavy atom. The maximum absolute atomic E-state index is 2.49. The third kappa shape index (κ3) is 2.17. The molecule has 0 spiro atoms. The van der Waals surface area contributed by atoms with Crippen molar-refractivity contribution < 1.29 is 21.3 Å². The van der Waals surface area contributed by atoms with E-state index in [4.69, 9.17) is 0 Å². The summed E-state index contributed by atoms with van der Waals surface area (Å²) in [6.45, 7) is 0. The van der Waals surface area contributed by atoms with Crippen LogP contribution in [-0.2, 0) is 21.3 Å². The van der Waals surface area contributed by atoms with E-state index in [0.717, 1.165) is 7.25 Å². The summed E-state index contributed by atoms with van der Waals surface area (Å²) >= 11 is -1.79. The van der Waals surface area contributed by atoms with Crippen molar-refractivity contribution in [2.75, 3.05) is 0 Å². The normalized spacial score (nSPS) is 18.9. The van der Waals surface area contributed by atoms with Crippen LogP contribution in [0.4, 0.5) is 0 Å². The second-order valence-corrected chi connectivity index (χ2v) is 13.8. The minimum atomic E-state index is -1.79. The van der Waals surface area contributed by atoms with Crippen LogP contribution in [0, 0.1) is 0 Å². The molecule has 3 aliphatic rings. The van der Waals surface area contributed by atoms with E-state index < -0.39 is 21.3 Å². The summed E-state index contributed by atoms with van der Waals surface area (Å²) in [5.74, 6) is 0. The summed E-state index contributed by atoms with van der Waals surface area (Å²) in [6, 6.07) is 18.4. The van der Waals surface area contributed by atoms with Gasteiger partial charge >= 0.3 is 146 Å². The fourth-order valence-electron chi connectivity index (χ4n) is 4.40. The van der Waals surface area contributed by atoms with Crippen molar-refractivity contribution in [1.82, 2.24) is 0 Å². The summed E-state index contributed by atoms with van der Waals surface area (Å²) in [4.78, 5) is 0. The molecule has 112 valence electrons. The first-order valence-electron chi connectivity index (χ1n) is 8.68. The van der Waals surface area contributed by atoms with E-state index in [2.05, 4.69) is 72.8 Å². The zero-order valence-corrected chi connectivity index (χ0v) is 15.7. The van der Waals surface area contributed by atoms with Crippen molar-refractivity contribution in [1.29, 1.82) is 0 Å². The molecule has 1 saturated carbocycles. The van der Waals surface area contributed by atoms with Gasteiger partial charge in [-0.3, -0.25) is 0 Å². The van der Waals surface area contributed by atoms with Crippen LogP contribution in [0.2, 0.25) is 3.63 Å². The second kappa shape index (κ2) is 5.64. The van der Waals surface area contributed by atoms with Gasteiger partial charge in [0.05, 0.1) is 0 Å². The predicted octanol–water partition coefficient (Wildman–Crippen LogP) is 5.65. The SMILES string of the molecule is C1=C[CH]([Zr](=[C]2CCC2)[CH]2c3ccccc3-c3ccccc32)C=C1. The van der Waals surface area contributed by atoms with Gasteiger partial charge in [-0.25, -0.2) is 0 Å². The zero-order valence-electron chi connectivity index (χ0n) is 13.2. The van der Waals surface area contributed by atoms with E-state index in [1.807, 2.05) is 3.21 Å². The Morgan fingerprint density at radius 1 is 0.739 bits per heavy atom. The fraction of sp³-hybridized carbons (Fsp3) is 0.227. The van der Waals surface area contributed by atoms with Gasteiger partial charge in [-0.2, -0.15) is 0 Å². The van der Waals surface area contributed by atoms with Crippen molar-refractivity contribution in [2.45, 2.75) is 26.5 Å². The van der Waals surface area contributed by atoms with Gasteiger partial charge in [-0.05, 0) is 0 Å². The van der Waals surface area contributed by atoms with Crippen molar-refractivity contribution in [3.63, 3.8) is 0 Å². The van der Waals surface area contributed by atoms with Crippen LogP contribution in [0.5, 0.6) is 0 Å². The average Bonchev–Trinajstić information content (AvgIpc) is 3.18. The summed E-state index contributed by atoms with van der Waals surface area (Å²) in [6.07, 6.45) is 13.8. The molecule has 2 aromatic rings. The van der Waals surface area contributed by atoms with Crippen molar-refractivity contribution in [3.8, 4) is 11.1 Å². The first-order valence-corrected chi connectivity index (χ1v) is 12.8. The van der Waals surface area contributed by atoms with Crippen molar-refractivity contribution in [3.05, 3.63) is 84.0 Å². The standard InChI is InChI=1S/C13H9.C5H5.C4H6.Zr/c1-3-7-12-10(5-1)9-11-6-2-4-8-13(11)12;1-2-4-5-3-1;1-2-4-3-1;/h1-9H;1-5H;1-3H2;. The molecule has 0 saturated heterocycles. The average molecular weight is 376 g/mol. The molecule has 0 bridgehead atoms. The van der Waals surface area contributed by atoms with Crippen LogP contribution < -0.4 is 0 Å². The van der Waals surface area contributed by atoms with Gasteiger partial charge in [0.25, 0.3) is 0 Å². The summed E-state index contributed by atoms with van der Waals surface area (Å²) in [5, 5.41) is 0. The molecule has 0 N–H and O–H groups in total. The topological polar surface area (TPSA) is 0 Å². The summed E-state index contributed by atoms with van der Waals surface area (Å²) in [7, 11) is 0. The first kappa shape index (κ1) is 14.1. The third-order valence-electron chi connectivity index (χ3n) is 5.62. The number of fused-ring (bicyclic) bond motifs is 3. The molecular weight excluding hydrogens is 355 g/mol. The van der Waals surface area contributed by atoms with Crippen LogP contribution in [0.25, 0.3) is 11.1 Å². The van der Waals surface area contributed by atoms with E-state index in [1.54, 1.807) is 11.1 Å². The molecule has 0 atom stereocenters. The molecule has 23 heavy (non-hydrogen) atoms. The number of rotatable bonds is 2. The monoisotopic (exact) mass is 374 g/mol. The van der Waals surface area contributed by atoms with E-state index in [0.29, 0.717) is 0 Å². The molecule has 5 rings (SSSR count). The van der Waals surface area contributed by atoms with Gasteiger partial charge in [0.2, 0.25) is 0 Å². The number of benzene rings is 2. The Hall–Kier alpha value is -1.33. The molecule has 3 aliphatic carbocycles. The van der Waals surface area contributed by atoms with Gasteiger partial charge < -0.3 is 0 Å². The Kier molecular flexibility index (Phi) is 3.44. The quantitative estimate of drug-likeness (QED) is 0.637. The minimum absolute atomic E-state index is 0.720. The van der Waals surface area contributed by atoms with Gasteiger partial charge in [0.15, 0.2) is 0 Å². The van der Waals surface area contributed by atoms with Gasteiger partial charge in [0.1, 0.15) is 0 Å². The molecule has 0 amide bonds. The first-order chi connectivity index (χ1) is 11.4. The molecule has 1 heteroatoms. The molecule has 0 heterocycles. The molecule has 0 aliphatic heterocycles. The Labute approximate surface area is 145 Å². The van der Waals surface area contributed by atoms with Crippen molar-refractivity contribution in [2.24, 2.45) is 0 Å². The summed E-state index contributed by atoms with van der Waals surface area (Å²) in [5.41, 5.74) is 6.24. The van der Waals surface area contributed by atoms with Crippen LogP contribution in [-0.4, -0.2) is 3.21 Å². The van der Waals surface area contributed by atoms with E-state index in [9.17, 15) is 0 Å². The number of hydrogen-bond acceptors (Lipinski definition) is 0. The molecule has 2 aromatic carbocycles. The Bertz CT molecular complexity index is 806. The third-order valence-corrected chi connectivity index (χ3v) is 14.6.